The van der Waals surface area contributed by atoms with Crippen LogP contribution in [0.2, 0.25) is 0 Å². The molecule has 0 bridgehead atoms. The predicted octanol–water partition coefficient (Wildman–Crippen LogP) is 3.11. The Labute approximate surface area is 112 Å². The molecule has 2 N–H and O–H groups in total. The summed E-state index contributed by atoms with van der Waals surface area (Å²) in [6, 6.07) is 9.78. The van der Waals surface area contributed by atoms with Gasteiger partial charge in [-0.15, -0.1) is 0 Å². The molecule has 4 heteroatoms. The Bertz CT molecular complexity index is 614. The summed E-state index contributed by atoms with van der Waals surface area (Å²) in [6.07, 6.45) is 3.71. The van der Waals surface area contributed by atoms with E-state index in [0.717, 1.165) is 20.5 Å². The van der Waals surface area contributed by atoms with Crippen LogP contribution in [0, 0.1) is 3.57 Å². The van der Waals surface area contributed by atoms with Crippen LogP contribution in [0.15, 0.2) is 36.5 Å². The zero-order valence-corrected chi connectivity index (χ0v) is 11.0. The molecule has 3 rings (SSSR count). The van der Waals surface area contributed by atoms with Gasteiger partial charge < -0.3 is 10.3 Å². The van der Waals surface area contributed by atoms with E-state index in [9.17, 15) is 4.79 Å². The summed E-state index contributed by atoms with van der Waals surface area (Å²) in [4.78, 5) is 14.9. The fourth-order valence-electron chi connectivity index (χ4n) is 1.89. The number of H-pyrrole nitrogens is 1. The predicted molar refractivity (Wildman–Crippen MR) is 76.5 cm³/mol. The van der Waals surface area contributed by atoms with Crippen molar-refractivity contribution in [3.63, 3.8) is 0 Å². The molecule has 2 aromatic rings. The number of carbonyl (C=O) groups excluding carboxylic acids is 1. The van der Waals surface area contributed by atoms with Gasteiger partial charge in [0.2, 0.25) is 0 Å². The summed E-state index contributed by atoms with van der Waals surface area (Å²) < 4.78 is 1.12. The lowest BCUT2D eigenvalue weighted by molar-refractivity contribution is -0.110. The number of hydrogen-bond acceptors (Lipinski definition) is 1. The first kappa shape index (κ1) is 10.6. The quantitative estimate of drug-likeness (QED) is 0.610. The van der Waals surface area contributed by atoms with Gasteiger partial charge in [0.25, 0.3) is 5.91 Å². The van der Waals surface area contributed by atoms with Gasteiger partial charge in [0.1, 0.15) is 0 Å². The van der Waals surface area contributed by atoms with E-state index in [1.807, 2.05) is 42.6 Å². The van der Waals surface area contributed by atoms with Crippen LogP contribution in [0.4, 0.5) is 5.69 Å². The van der Waals surface area contributed by atoms with Crippen LogP contribution < -0.4 is 5.32 Å². The SMILES string of the molecule is O=C1Nc2ccc(I)cc2/C1=C/c1ccc[nH]1. The molecular weight excluding hydrogens is 327 g/mol. The number of nitrogens with one attached hydrogen (secondary N) is 2. The highest BCUT2D eigenvalue weighted by atomic mass is 127. The van der Waals surface area contributed by atoms with Gasteiger partial charge in [-0.25, -0.2) is 0 Å². The molecule has 2 heterocycles. The van der Waals surface area contributed by atoms with Crippen molar-refractivity contribution in [2.45, 2.75) is 0 Å². The van der Waals surface area contributed by atoms with Gasteiger partial charge in [-0.2, -0.15) is 0 Å². The molecule has 3 nitrogen and oxygen atoms in total. The number of aromatic amines is 1. The number of benzene rings is 1. The Hall–Kier alpha value is -1.56. The van der Waals surface area contributed by atoms with Crippen molar-refractivity contribution < 1.29 is 4.79 Å². The summed E-state index contributed by atoms with van der Waals surface area (Å²) in [5.74, 6) is -0.0448. The molecule has 1 aromatic heterocycles. The minimum atomic E-state index is -0.0448. The van der Waals surface area contributed by atoms with Gasteiger partial charge in [-0.3, -0.25) is 4.79 Å². The van der Waals surface area contributed by atoms with E-state index in [1.54, 1.807) is 0 Å². The van der Waals surface area contributed by atoms with Crippen LogP contribution in [0.25, 0.3) is 11.6 Å². The highest BCUT2D eigenvalue weighted by Gasteiger charge is 2.23. The van der Waals surface area contributed by atoms with Crippen molar-refractivity contribution in [1.29, 1.82) is 0 Å². The molecule has 0 saturated heterocycles. The van der Waals surface area contributed by atoms with Crippen molar-refractivity contribution in [2.75, 3.05) is 5.32 Å². The van der Waals surface area contributed by atoms with Crippen LogP contribution in [0.1, 0.15) is 11.3 Å². The first-order valence-corrected chi connectivity index (χ1v) is 6.28. The molecule has 0 unspecified atom stereocenters. The molecule has 84 valence electrons. The number of carbonyl (C=O) groups is 1. The average Bonchev–Trinajstić information content (AvgIpc) is 2.90. The van der Waals surface area contributed by atoms with Gasteiger partial charge in [-0.05, 0) is 59.0 Å². The van der Waals surface area contributed by atoms with E-state index in [0.29, 0.717) is 5.57 Å². The molecule has 1 aliphatic heterocycles. The van der Waals surface area contributed by atoms with Crippen molar-refractivity contribution >= 4 is 45.8 Å². The highest BCUT2D eigenvalue weighted by molar-refractivity contribution is 14.1. The zero-order valence-electron chi connectivity index (χ0n) is 8.83. The minimum absolute atomic E-state index is 0.0448. The Morgan fingerprint density at radius 1 is 1.24 bits per heavy atom. The fraction of sp³-hybridized carbons (Fsp3) is 0. The maximum absolute atomic E-state index is 11.9. The van der Waals surface area contributed by atoms with Gasteiger partial charge >= 0.3 is 0 Å². The van der Waals surface area contributed by atoms with Gasteiger partial charge in [0, 0.05) is 26.7 Å². The van der Waals surface area contributed by atoms with Crippen LogP contribution in [-0.4, -0.2) is 10.9 Å². The van der Waals surface area contributed by atoms with Crippen LogP contribution >= 0.6 is 22.6 Å². The topological polar surface area (TPSA) is 44.9 Å². The number of fused-ring (bicyclic) bond motifs is 1. The first-order chi connectivity index (χ1) is 8.24. The molecule has 0 radical (unpaired) electrons. The number of halogens is 1. The van der Waals surface area contributed by atoms with Crippen molar-refractivity contribution in [2.24, 2.45) is 0 Å². The summed E-state index contributed by atoms with van der Waals surface area (Å²) >= 11 is 2.25. The second kappa shape index (κ2) is 4.03. The molecule has 0 spiro atoms. The maximum Gasteiger partial charge on any atom is 0.256 e. The van der Waals surface area contributed by atoms with E-state index in [1.165, 1.54) is 0 Å². The Morgan fingerprint density at radius 3 is 2.88 bits per heavy atom. The zero-order chi connectivity index (χ0) is 11.8. The summed E-state index contributed by atoms with van der Waals surface area (Å²) in [7, 11) is 0. The second-order valence-corrected chi connectivity index (χ2v) is 5.07. The second-order valence-electron chi connectivity index (χ2n) is 3.83. The molecule has 0 aliphatic carbocycles. The van der Waals surface area contributed by atoms with Gasteiger partial charge in [0.15, 0.2) is 0 Å². The number of hydrogen-bond donors (Lipinski definition) is 2. The monoisotopic (exact) mass is 336 g/mol. The largest absolute Gasteiger partial charge is 0.362 e. The lowest BCUT2D eigenvalue weighted by Gasteiger charge is -1.98. The lowest BCUT2D eigenvalue weighted by Crippen LogP contribution is -2.03. The van der Waals surface area contributed by atoms with Crippen LogP contribution in [0.5, 0.6) is 0 Å². The van der Waals surface area contributed by atoms with E-state index in [-0.39, 0.29) is 5.91 Å². The molecule has 1 aliphatic rings. The lowest BCUT2D eigenvalue weighted by atomic mass is 10.1. The third-order valence-corrected chi connectivity index (χ3v) is 3.36. The molecule has 0 fully saturated rings. The van der Waals surface area contributed by atoms with Crippen LogP contribution in [-0.2, 0) is 4.79 Å². The summed E-state index contributed by atoms with van der Waals surface area (Å²) in [5.41, 5.74) is 3.49. The molecule has 17 heavy (non-hydrogen) atoms. The average molecular weight is 336 g/mol. The fourth-order valence-corrected chi connectivity index (χ4v) is 2.38. The normalized spacial score (nSPS) is 16.1. The molecule has 1 amide bonds. The third-order valence-electron chi connectivity index (χ3n) is 2.69. The van der Waals surface area contributed by atoms with E-state index < -0.39 is 0 Å². The first-order valence-electron chi connectivity index (χ1n) is 5.20. The van der Waals surface area contributed by atoms with Crippen molar-refractivity contribution in [3.05, 3.63) is 51.4 Å². The van der Waals surface area contributed by atoms with E-state index in [2.05, 4.69) is 32.9 Å². The van der Waals surface area contributed by atoms with E-state index in [4.69, 9.17) is 0 Å². The van der Waals surface area contributed by atoms with Crippen molar-refractivity contribution in [3.8, 4) is 0 Å². The molecule has 0 saturated carbocycles. The summed E-state index contributed by atoms with van der Waals surface area (Å²) in [6.45, 7) is 0. The summed E-state index contributed by atoms with van der Waals surface area (Å²) in [5, 5.41) is 2.86. The number of rotatable bonds is 1. The Morgan fingerprint density at radius 2 is 2.12 bits per heavy atom. The van der Waals surface area contributed by atoms with Crippen molar-refractivity contribution in [1.82, 2.24) is 4.98 Å². The Balaban J connectivity index is 2.13. The third kappa shape index (κ3) is 1.88. The molecule has 0 atom stereocenters. The number of amides is 1. The van der Waals surface area contributed by atoms with Gasteiger partial charge in [-0.1, -0.05) is 0 Å². The molecular formula is C13H9IN2O. The molecule has 1 aromatic carbocycles. The van der Waals surface area contributed by atoms with Crippen LogP contribution in [0.3, 0.4) is 0 Å². The highest BCUT2D eigenvalue weighted by Crippen LogP contribution is 2.33. The maximum atomic E-state index is 11.9. The standard InChI is InChI=1S/C13H9IN2O/c14-8-3-4-12-10(6-8)11(13(17)16-12)7-9-2-1-5-15-9/h1-7,15H,(H,16,17)/b11-7-. The van der Waals surface area contributed by atoms with Gasteiger partial charge in [0.05, 0.1) is 5.57 Å². The Kier molecular flexibility index (Phi) is 2.51. The van der Waals surface area contributed by atoms with E-state index >= 15 is 0 Å². The smallest absolute Gasteiger partial charge is 0.256 e. The number of aromatic nitrogens is 1. The number of anilines is 1. The minimum Gasteiger partial charge on any atom is -0.362 e.